The van der Waals surface area contributed by atoms with Gasteiger partial charge in [0.2, 0.25) is 0 Å². The maximum atomic E-state index is 12.8. The van der Waals surface area contributed by atoms with Crippen LogP contribution in [0.3, 0.4) is 0 Å². The third-order valence-corrected chi connectivity index (χ3v) is 9.70. The number of benzene rings is 2. The first-order valence-electron chi connectivity index (χ1n) is 15.3. The zero-order valence-electron chi connectivity index (χ0n) is 24.6. The van der Waals surface area contributed by atoms with Gasteiger partial charge in [-0.25, -0.2) is 4.79 Å². The van der Waals surface area contributed by atoms with Crippen molar-refractivity contribution in [2.24, 2.45) is 27.0 Å². The summed E-state index contributed by atoms with van der Waals surface area (Å²) in [7, 11) is 0. The van der Waals surface area contributed by atoms with Gasteiger partial charge in [-0.2, -0.15) is 10.2 Å². The van der Waals surface area contributed by atoms with E-state index in [-0.39, 0.29) is 22.9 Å². The molecule has 2 aromatic rings. The highest BCUT2D eigenvalue weighted by Crippen LogP contribution is 2.66. The third kappa shape index (κ3) is 7.29. The molecule has 2 aliphatic rings. The quantitative estimate of drug-likeness (QED) is 0.130. The van der Waals surface area contributed by atoms with Crippen LogP contribution in [0, 0.1) is 16.7 Å². The number of carbonyl (C=O) groups is 1. The van der Waals surface area contributed by atoms with Crippen LogP contribution in [0.5, 0.6) is 5.75 Å². The average Bonchev–Trinajstić information content (AvgIpc) is 3.27. The topological polar surface area (TPSA) is 60.2 Å². The molecule has 0 aromatic heterocycles. The SMILES string of the molecule is CCCCCCCCCCCOc1ccc(N=Nc2ccc(C(=O)OC3C[C@@H]4CC[C@]3(C)C4(C)C)cc2)cc1. The van der Waals surface area contributed by atoms with Gasteiger partial charge in [0.15, 0.2) is 0 Å². The summed E-state index contributed by atoms with van der Waals surface area (Å²) >= 11 is 0. The Hall–Kier alpha value is -2.69. The summed E-state index contributed by atoms with van der Waals surface area (Å²) in [6.07, 6.45) is 15.1. The zero-order chi connectivity index (χ0) is 27.7. The fourth-order valence-corrected chi connectivity index (χ4v) is 6.50. The van der Waals surface area contributed by atoms with Crippen molar-refractivity contribution in [2.75, 3.05) is 6.61 Å². The Labute approximate surface area is 235 Å². The molecule has 0 radical (unpaired) electrons. The van der Waals surface area contributed by atoms with E-state index in [9.17, 15) is 4.79 Å². The molecule has 0 saturated heterocycles. The van der Waals surface area contributed by atoms with E-state index in [1.165, 1.54) is 57.8 Å². The van der Waals surface area contributed by atoms with Gasteiger partial charge in [0.05, 0.1) is 23.5 Å². The fourth-order valence-electron chi connectivity index (χ4n) is 6.50. The molecule has 4 rings (SSSR count). The molecule has 2 fully saturated rings. The normalized spacial score (nSPS) is 23.4. The minimum Gasteiger partial charge on any atom is -0.494 e. The number of ether oxygens (including phenoxy) is 2. The summed E-state index contributed by atoms with van der Waals surface area (Å²) in [5.41, 5.74) is 2.31. The van der Waals surface area contributed by atoms with Crippen LogP contribution in [0.4, 0.5) is 11.4 Å². The summed E-state index contributed by atoms with van der Waals surface area (Å²) in [4.78, 5) is 12.8. The molecule has 0 amide bonds. The third-order valence-electron chi connectivity index (χ3n) is 9.70. The first-order chi connectivity index (χ1) is 18.8. The van der Waals surface area contributed by atoms with Crippen LogP contribution < -0.4 is 4.74 Å². The van der Waals surface area contributed by atoms with Crippen molar-refractivity contribution in [3.05, 3.63) is 54.1 Å². The lowest BCUT2D eigenvalue weighted by atomic mass is 9.70. The van der Waals surface area contributed by atoms with Crippen molar-refractivity contribution in [1.82, 2.24) is 0 Å². The number of azo groups is 1. The highest BCUT2D eigenvalue weighted by molar-refractivity contribution is 5.89. The lowest BCUT2D eigenvalue weighted by molar-refractivity contribution is -0.0242. The van der Waals surface area contributed by atoms with Crippen molar-refractivity contribution < 1.29 is 14.3 Å². The molecule has 2 aromatic carbocycles. The van der Waals surface area contributed by atoms with Gasteiger partial charge in [0.1, 0.15) is 11.9 Å². The minimum atomic E-state index is -0.244. The molecule has 2 saturated carbocycles. The molecule has 3 atom stereocenters. The Kier molecular flexibility index (Phi) is 10.2. The van der Waals surface area contributed by atoms with Gasteiger partial charge in [0.25, 0.3) is 0 Å². The van der Waals surface area contributed by atoms with E-state index in [1.54, 1.807) is 12.1 Å². The summed E-state index contributed by atoms with van der Waals surface area (Å²) in [5, 5.41) is 8.67. The summed E-state index contributed by atoms with van der Waals surface area (Å²) in [5.74, 6) is 1.26. The largest absolute Gasteiger partial charge is 0.494 e. The first-order valence-corrected chi connectivity index (χ1v) is 15.3. The van der Waals surface area contributed by atoms with Crippen molar-refractivity contribution >= 4 is 17.3 Å². The highest BCUT2D eigenvalue weighted by Gasteiger charge is 2.62. The number of rotatable bonds is 15. The van der Waals surface area contributed by atoms with Gasteiger partial charge in [-0.05, 0) is 85.5 Å². The van der Waals surface area contributed by atoms with Crippen LogP contribution in [0.1, 0.15) is 115 Å². The van der Waals surface area contributed by atoms with Gasteiger partial charge in [-0.15, -0.1) is 0 Å². The molecule has 212 valence electrons. The lowest BCUT2D eigenvalue weighted by Crippen LogP contribution is -2.38. The number of esters is 1. The van der Waals surface area contributed by atoms with E-state index in [2.05, 4.69) is 37.9 Å². The second-order valence-electron chi connectivity index (χ2n) is 12.4. The number of fused-ring (bicyclic) bond motifs is 2. The van der Waals surface area contributed by atoms with Crippen LogP contribution in [-0.2, 0) is 4.74 Å². The van der Waals surface area contributed by atoms with E-state index in [1.807, 2.05) is 36.4 Å². The predicted molar refractivity (Wildman–Crippen MR) is 158 cm³/mol. The van der Waals surface area contributed by atoms with E-state index < -0.39 is 0 Å². The summed E-state index contributed by atoms with van der Waals surface area (Å²) in [6.45, 7) is 9.97. The van der Waals surface area contributed by atoms with E-state index in [0.29, 0.717) is 17.2 Å². The minimum absolute atomic E-state index is 0.00447. The smallest absolute Gasteiger partial charge is 0.338 e. The summed E-state index contributed by atoms with van der Waals surface area (Å²) < 4.78 is 11.9. The molecule has 5 nitrogen and oxygen atoms in total. The van der Waals surface area contributed by atoms with Crippen molar-refractivity contribution in [1.29, 1.82) is 0 Å². The molecular weight excluding hydrogens is 484 g/mol. The monoisotopic (exact) mass is 532 g/mol. The predicted octanol–water partition coefficient (Wildman–Crippen LogP) is 10.4. The standard InChI is InChI=1S/C34H48N2O3/c1-5-6-7-8-9-10-11-12-13-24-38-30-20-18-29(19-21-30)36-35-28-16-14-26(15-17-28)32(37)39-31-25-27-22-23-34(31,4)33(27,2)3/h14-21,27,31H,5-13,22-25H2,1-4H3/t27-,31?,34-/m0/s1. The van der Waals surface area contributed by atoms with Crippen LogP contribution in [-0.4, -0.2) is 18.7 Å². The Bertz CT molecular complexity index is 1080. The molecule has 0 heterocycles. The van der Waals surface area contributed by atoms with Gasteiger partial charge in [0, 0.05) is 5.41 Å². The Morgan fingerprint density at radius 2 is 1.38 bits per heavy atom. The van der Waals surface area contributed by atoms with Gasteiger partial charge in [-0.1, -0.05) is 79.1 Å². The highest BCUT2D eigenvalue weighted by atomic mass is 16.5. The van der Waals surface area contributed by atoms with Crippen molar-refractivity contribution in [2.45, 2.75) is 111 Å². The van der Waals surface area contributed by atoms with Crippen LogP contribution in [0.15, 0.2) is 58.8 Å². The van der Waals surface area contributed by atoms with Crippen LogP contribution >= 0.6 is 0 Å². The average molecular weight is 533 g/mol. The number of hydrogen-bond acceptors (Lipinski definition) is 5. The lowest BCUT2D eigenvalue weighted by Gasteiger charge is -2.38. The van der Waals surface area contributed by atoms with Crippen LogP contribution in [0.2, 0.25) is 0 Å². The molecule has 1 unspecified atom stereocenters. The molecule has 39 heavy (non-hydrogen) atoms. The molecule has 2 aliphatic carbocycles. The Morgan fingerprint density at radius 1 is 0.821 bits per heavy atom. The fraction of sp³-hybridized carbons (Fsp3) is 0.618. The molecule has 0 aliphatic heterocycles. The van der Waals surface area contributed by atoms with Crippen molar-refractivity contribution in [3.63, 3.8) is 0 Å². The van der Waals surface area contributed by atoms with E-state index in [0.717, 1.165) is 37.3 Å². The summed E-state index contributed by atoms with van der Waals surface area (Å²) in [6, 6.07) is 14.9. The van der Waals surface area contributed by atoms with Gasteiger partial charge in [-0.3, -0.25) is 0 Å². The first kappa shape index (κ1) is 29.3. The van der Waals surface area contributed by atoms with Crippen molar-refractivity contribution in [3.8, 4) is 5.75 Å². The number of hydrogen-bond donors (Lipinski definition) is 0. The van der Waals surface area contributed by atoms with Crippen LogP contribution in [0.25, 0.3) is 0 Å². The molecular formula is C34H48N2O3. The number of nitrogens with zero attached hydrogens (tertiary/aromatic N) is 2. The van der Waals surface area contributed by atoms with Gasteiger partial charge < -0.3 is 9.47 Å². The Balaban J connectivity index is 1.16. The molecule has 2 bridgehead atoms. The maximum Gasteiger partial charge on any atom is 0.338 e. The zero-order valence-corrected chi connectivity index (χ0v) is 24.6. The van der Waals surface area contributed by atoms with E-state index >= 15 is 0 Å². The second kappa shape index (κ2) is 13.6. The Morgan fingerprint density at radius 3 is 1.92 bits per heavy atom. The number of carbonyl (C=O) groups excluding carboxylic acids is 1. The molecule has 0 spiro atoms. The molecule has 0 N–H and O–H groups in total. The van der Waals surface area contributed by atoms with Gasteiger partial charge >= 0.3 is 5.97 Å². The second-order valence-corrected chi connectivity index (χ2v) is 12.4. The van der Waals surface area contributed by atoms with E-state index in [4.69, 9.17) is 9.47 Å². The number of unbranched alkanes of at least 4 members (excludes halogenated alkanes) is 8. The molecule has 5 heteroatoms. The maximum absolute atomic E-state index is 12.8.